The lowest BCUT2D eigenvalue weighted by atomic mass is 10.1. The second kappa shape index (κ2) is 9.11. The molecule has 7 nitrogen and oxygen atoms in total. The van der Waals surface area contributed by atoms with E-state index in [2.05, 4.69) is 4.74 Å². The molecule has 0 atom stereocenters. The van der Waals surface area contributed by atoms with E-state index in [1.165, 1.54) is 12.1 Å². The summed E-state index contributed by atoms with van der Waals surface area (Å²) < 4.78 is 48.3. The largest absolute Gasteiger partial charge is 0.454 e. The maximum absolute atomic E-state index is 12.8. The Morgan fingerprint density at radius 3 is 2.23 bits per heavy atom. The fourth-order valence-electron chi connectivity index (χ4n) is 2.13. The van der Waals surface area contributed by atoms with Crippen LogP contribution in [0.15, 0.2) is 30.3 Å². The summed E-state index contributed by atoms with van der Waals surface area (Å²) in [6, 6.07) is 6.58. The number of nitrogens with zero attached hydrogens (tertiary/aromatic N) is 2. The Morgan fingerprint density at radius 2 is 1.73 bits per heavy atom. The van der Waals surface area contributed by atoms with Crippen molar-refractivity contribution in [3.63, 3.8) is 0 Å². The van der Waals surface area contributed by atoms with Crippen molar-refractivity contribution < 1.29 is 37.1 Å². The van der Waals surface area contributed by atoms with Crippen molar-refractivity contribution in [3.05, 3.63) is 57.1 Å². The van der Waals surface area contributed by atoms with Gasteiger partial charge in [-0.1, -0.05) is 23.2 Å². The molecule has 30 heavy (non-hydrogen) atoms. The summed E-state index contributed by atoms with van der Waals surface area (Å²) in [5.74, 6) is -1.46. The SMILES string of the molecule is COC(=O)N(C)OC(=O)c1cc(Oc2c(Cl)cc(C(F)(F)F)cc2Cl)ccc1C#N. The molecule has 158 valence electrons. The molecule has 0 N–H and O–H groups in total. The van der Waals surface area contributed by atoms with E-state index in [4.69, 9.17) is 32.8 Å². The predicted octanol–water partition coefficient (Wildman–Crippen LogP) is 5.45. The molecule has 0 heterocycles. The van der Waals surface area contributed by atoms with Crippen molar-refractivity contribution >= 4 is 35.3 Å². The number of carbonyl (C=O) groups is 2. The van der Waals surface area contributed by atoms with Gasteiger partial charge >= 0.3 is 18.2 Å². The van der Waals surface area contributed by atoms with E-state index < -0.39 is 33.8 Å². The summed E-state index contributed by atoms with van der Waals surface area (Å²) in [7, 11) is 2.18. The molecule has 0 unspecified atom stereocenters. The van der Waals surface area contributed by atoms with Crippen molar-refractivity contribution in [2.24, 2.45) is 0 Å². The summed E-state index contributed by atoms with van der Waals surface area (Å²) in [6.45, 7) is 0. The number of hydroxylamine groups is 2. The third-order valence-corrected chi connectivity index (χ3v) is 4.09. The Morgan fingerprint density at radius 1 is 1.13 bits per heavy atom. The number of alkyl halides is 3. The zero-order valence-electron chi connectivity index (χ0n) is 15.2. The first-order valence-electron chi connectivity index (χ1n) is 7.80. The molecule has 0 saturated heterocycles. The van der Waals surface area contributed by atoms with E-state index in [0.29, 0.717) is 17.2 Å². The van der Waals surface area contributed by atoms with Crippen molar-refractivity contribution in [2.75, 3.05) is 14.2 Å². The van der Waals surface area contributed by atoms with Gasteiger partial charge in [0, 0.05) is 0 Å². The van der Waals surface area contributed by atoms with Gasteiger partial charge in [0.1, 0.15) is 11.8 Å². The number of nitriles is 1. The van der Waals surface area contributed by atoms with Gasteiger partial charge in [0.15, 0.2) is 5.75 Å². The van der Waals surface area contributed by atoms with Crippen LogP contribution in [-0.4, -0.2) is 31.3 Å². The van der Waals surface area contributed by atoms with Crippen LogP contribution < -0.4 is 4.74 Å². The number of methoxy groups -OCH3 is 1. The van der Waals surface area contributed by atoms with Gasteiger partial charge in [0.2, 0.25) is 0 Å². The first-order chi connectivity index (χ1) is 14.0. The number of hydrogen-bond donors (Lipinski definition) is 0. The average Bonchev–Trinajstić information content (AvgIpc) is 2.68. The second-order valence-electron chi connectivity index (χ2n) is 5.53. The van der Waals surface area contributed by atoms with E-state index in [1.54, 1.807) is 6.07 Å². The number of carbonyl (C=O) groups excluding carboxylic acids is 2. The van der Waals surface area contributed by atoms with E-state index in [1.807, 2.05) is 0 Å². The molecule has 12 heteroatoms. The number of ether oxygens (including phenoxy) is 2. The summed E-state index contributed by atoms with van der Waals surface area (Å²) in [4.78, 5) is 28.4. The van der Waals surface area contributed by atoms with Crippen LogP contribution in [0, 0.1) is 11.3 Å². The predicted molar refractivity (Wildman–Crippen MR) is 98.3 cm³/mol. The van der Waals surface area contributed by atoms with E-state index >= 15 is 0 Å². The minimum atomic E-state index is -4.66. The van der Waals surface area contributed by atoms with Crippen LogP contribution >= 0.6 is 23.2 Å². The molecule has 0 bridgehead atoms. The molecule has 0 spiro atoms. The molecule has 0 fully saturated rings. The minimum Gasteiger partial charge on any atom is -0.454 e. The monoisotopic (exact) mass is 462 g/mol. The molecule has 0 aliphatic heterocycles. The van der Waals surface area contributed by atoms with Crippen molar-refractivity contribution in [2.45, 2.75) is 6.18 Å². The van der Waals surface area contributed by atoms with Gasteiger partial charge in [-0.25, -0.2) is 9.59 Å². The summed E-state index contributed by atoms with van der Waals surface area (Å²) in [5.41, 5.74) is -1.47. The number of amides is 1. The van der Waals surface area contributed by atoms with Crippen LogP contribution in [0.25, 0.3) is 0 Å². The Hall–Kier alpha value is -3.16. The lowest BCUT2D eigenvalue weighted by Crippen LogP contribution is -2.30. The number of halogens is 5. The molecule has 0 aliphatic carbocycles. The Bertz CT molecular complexity index is 1010. The van der Waals surface area contributed by atoms with Gasteiger partial charge in [-0.2, -0.15) is 18.4 Å². The van der Waals surface area contributed by atoms with Crippen LogP contribution in [0.3, 0.4) is 0 Å². The van der Waals surface area contributed by atoms with Gasteiger partial charge in [0.05, 0.1) is 40.9 Å². The standard InChI is InChI=1S/C18H11Cl2F3N2O5/c1-25(17(27)28-2)30-16(26)12-7-11(4-3-9(12)8-24)29-15-13(19)5-10(6-14(15)20)18(21,22)23/h3-7H,1-2H3. The fourth-order valence-corrected chi connectivity index (χ4v) is 2.70. The highest BCUT2D eigenvalue weighted by molar-refractivity contribution is 6.37. The molecule has 1 amide bonds. The number of benzene rings is 2. The number of hydrogen-bond acceptors (Lipinski definition) is 6. The van der Waals surface area contributed by atoms with E-state index in [9.17, 15) is 28.0 Å². The summed E-state index contributed by atoms with van der Waals surface area (Å²) >= 11 is 11.7. The third-order valence-electron chi connectivity index (χ3n) is 3.53. The maximum Gasteiger partial charge on any atom is 0.442 e. The molecule has 0 aromatic heterocycles. The Labute approximate surface area is 178 Å². The molecule has 2 aromatic carbocycles. The molecule has 0 aliphatic rings. The van der Waals surface area contributed by atoms with Gasteiger partial charge in [0.25, 0.3) is 0 Å². The highest BCUT2D eigenvalue weighted by Crippen LogP contribution is 2.41. The molecular formula is C18H11Cl2F3N2O5. The quantitative estimate of drug-likeness (QED) is 0.563. The normalized spacial score (nSPS) is 10.7. The molecule has 0 radical (unpaired) electrons. The highest BCUT2D eigenvalue weighted by atomic mass is 35.5. The minimum absolute atomic E-state index is 0.0785. The summed E-state index contributed by atoms with van der Waals surface area (Å²) in [6.07, 6.45) is -5.64. The van der Waals surface area contributed by atoms with Gasteiger partial charge < -0.3 is 14.3 Å². The van der Waals surface area contributed by atoms with Crippen molar-refractivity contribution in [1.29, 1.82) is 5.26 Å². The first-order valence-corrected chi connectivity index (χ1v) is 8.55. The lowest BCUT2D eigenvalue weighted by Gasteiger charge is -2.16. The zero-order valence-corrected chi connectivity index (χ0v) is 16.7. The zero-order chi connectivity index (χ0) is 22.6. The van der Waals surface area contributed by atoms with Crippen LogP contribution in [0.4, 0.5) is 18.0 Å². The first kappa shape index (κ1) is 23.1. The van der Waals surface area contributed by atoms with Crippen LogP contribution in [-0.2, 0) is 15.8 Å². The van der Waals surface area contributed by atoms with Crippen LogP contribution in [0.2, 0.25) is 10.0 Å². The molecule has 2 aromatic rings. The Balaban J connectivity index is 2.37. The molecular weight excluding hydrogens is 452 g/mol. The lowest BCUT2D eigenvalue weighted by molar-refractivity contribution is -0.137. The topological polar surface area (TPSA) is 88.9 Å². The van der Waals surface area contributed by atoms with Crippen molar-refractivity contribution in [3.8, 4) is 17.6 Å². The average molecular weight is 463 g/mol. The fraction of sp³-hybridized carbons (Fsp3) is 0.167. The maximum atomic E-state index is 12.8. The molecule has 0 saturated carbocycles. The van der Waals surface area contributed by atoms with Gasteiger partial charge in [-0.3, -0.25) is 0 Å². The van der Waals surface area contributed by atoms with Gasteiger partial charge in [-0.15, -0.1) is 5.06 Å². The van der Waals surface area contributed by atoms with Gasteiger partial charge in [-0.05, 0) is 30.3 Å². The molecule has 2 rings (SSSR count). The number of rotatable bonds is 3. The third kappa shape index (κ3) is 5.25. The smallest absolute Gasteiger partial charge is 0.442 e. The second-order valence-corrected chi connectivity index (χ2v) is 6.35. The van der Waals surface area contributed by atoms with E-state index in [0.717, 1.165) is 20.2 Å². The van der Waals surface area contributed by atoms with Crippen LogP contribution in [0.5, 0.6) is 11.5 Å². The van der Waals surface area contributed by atoms with Crippen molar-refractivity contribution in [1.82, 2.24) is 5.06 Å². The summed E-state index contributed by atoms with van der Waals surface area (Å²) in [5, 5.41) is 8.84. The Kier molecular flexibility index (Phi) is 7.02. The van der Waals surface area contributed by atoms with Crippen LogP contribution in [0.1, 0.15) is 21.5 Å². The highest BCUT2D eigenvalue weighted by Gasteiger charge is 2.32. The van der Waals surface area contributed by atoms with E-state index in [-0.39, 0.29) is 22.6 Å².